The minimum absolute atomic E-state index is 0.0312. The van der Waals surface area contributed by atoms with E-state index in [1.54, 1.807) is 19.1 Å². The quantitative estimate of drug-likeness (QED) is 0.509. The van der Waals surface area contributed by atoms with Gasteiger partial charge < -0.3 is 9.47 Å². The van der Waals surface area contributed by atoms with E-state index in [-0.39, 0.29) is 30.9 Å². The predicted molar refractivity (Wildman–Crippen MR) is 85.1 cm³/mol. The Balaban J connectivity index is 2.69. The lowest BCUT2D eigenvalue weighted by atomic mass is 10.0. The second kappa shape index (κ2) is 9.74. The lowest BCUT2D eigenvalue weighted by molar-refractivity contribution is -0.141. The molecule has 0 saturated carbocycles. The minimum Gasteiger partial charge on any atom is -0.465 e. The fraction of sp³-hybridized carbons (Fsp3) is 0.471. The van der Waals surface area contributed by atoms with Crippen LogP contribution in [0.5, 0.6) is 0 Å². The molecule has 0 aromatic heterocycles. The maximum atomic E-state index is 12.5. The Morgan fingerprint density at radius 3 is 1.87 bits per heavy atom. The Hall–Kier alpha value is -2.21. The van der Waals surface area contributed by atoms with Crippen LogP contribution in [-0.4, -0.2) is 55.0 Å². The summed E-state index contributed by atoms with van der Waals surface area (Å²) >= 11 is 0. The number of nitrogens with zero attached hydrogens (tertiary/aromatic N) is 1. The SMILES string of the molecule is CC(=O)OCCN(CCOC(C)=O)C(C)C(=O)c1ccccc1. The first-order chi connectivity index (χ1) is 10.9. The number of rotatable bonds is 9. The molecule has 0 N–H and O–H groups in total. The van der Waals surface area contributed by atoms with E-state index >= 15 is 0 Å². The lowest BCUT2D eigenvalue weighted by Crippen LogP contribution is -2.43. The van der Waals surface area contributed by atoms with E-state index in [2.05, 4.69) is 0 Å². The molecule has 23 heavy (non-hydrogen) atoms. The standard InChI is InChI=1S/C17H23NO5/c1-13(17(21)16-7-5-4-6-8-16)18(9-11-22-14(2)19)10-12-23-15(3)20/h4-8,13H,9-12H2,1-3H3. The molecule has 0 bridgehead atoms. The van der Waals surface area contributed by atoms with Crippen molar-refractivity contribution in [2.24, 2.45) is 0 Å². The number of carbonyl (C=O) groups is 3. The summed E-state index contributed by atoms with van der Waals surface area (Å²) < 4.78 is 9.87. The van der Waals surface area contributed by atoms with Crippen molar-refractivity contribution in [2.45, 2.75) is 26.8 Å². The highest BCUT2D eigenvalue weighted by Crippen LogP contribution is 2.09. The summed E-state index contributed by atoms with van der Waals surface area (Å²) in [7, 11) is 0. The van der Waals surface area contributed by atoms with E-state index < -0.39 is 6.04 Å². The number of benzene rings is 1. The Morgan fingerprint density at radius 1 is 0.957 bits per heavy atom. The number of ether oxygens (including phenoxy) is 2. The van der Waals surface area contributed by atoms with Crippen LogP contribution >= 0.6 is 0 Å². The molecule has 0 aliphatic carbocycles. The third-order valence-corrected chi connectivity index (χ3v) is 3.35. The van der Waals surface area contributed by atoms with Crippen molar-refractivity contribution in [3.63, 3.8) is 0 Å². The Labute approximate surface area is 136 Å². The zero-order valence-corrected chi connectivity index (χ0v) is 13.8. The van der Waals surface area contributed by atoms with Gasteiger partial charge in [-0.2, -0.15) is 0 Å². The van der Waals surface area contributed by atoms with Gasteiger partial charge in [0.25, 0.3) is 0 Å². The summed E-state index contributed by atoms with van der Waals surface area (Å²) in [5.41, 5.74) is 0.616. The summed E-state index contributed by atoms with van der Waals surface area (Å²) in [5.74, 6) is -0.768. The molecule has 0 radical (unpaired) electrons. The van der Waals surface area contributed by atoms with Crippen molar-refractivity contribution in [1.29, 1.82) is 0 Å². The molecule has 1 rings (SSSR count). The minimum atomic E-state index is -0.413. The summed E-state index contributed by atoms with van der Waals surface area (Å²) in [4.78, 5) is 36.1. The van der Waals surface area contributed by atoms with E-state index in [0.29, 0.717) is 18.7 Å². The summed E-state index contributed by atoms with van der Waals surface area (Å²) in [6.45, 7) is 5.60. The van der Waals surface area contributed by atoms with Gasteiger partial charge in [0.2, 0.25) is 0 Å². The van der Waals surface area contributed by atoms with E-state index in [1.165, 1.54) is 13.8 Å². The molecule has 6 heteroatoms. The number of hydrogen-bond acceptors (Lipinski definition) is 6. The van der Waals surface area contributed by atoms with Crippen molar-refractivity contribution >= 4 is 17.7 Å². The molecule has 1 aromatic rings. The van der Waals surface area contributed by atoms with E-state index in [1.807, 2.05) is 23.1 Å². The molecule has 0 amide bonds. The first-order valence-electron chi connectivity index (χ1n) is 7.52. The first-order valence-corrected chi connectivity index (χ1v) is 7.52. The van der Waals surface area contributed by atoms with Gasteiger partial charge in [-0.3, -0.25) is 19.3 Å². The van der Waals surface area contributed by atoms with Crippen LogP contribution in [-0.2, 0) is 19.1 Å². The highest BCUT2D eigenvalue weighted by Gasteiger charge is 2.22. The van der Waals surface area contributed by atoms with Gasteiger partial charge in [-0.15, -0.1) is 0 Å². The van der Waals surface area contributed by atoms with Crippen molar-refractivity contribution in [3.05, 3.63) is 35.9 Å². The van der Waals surface area contributed by atoms with Crippen molar-refractivity contribution in [2.75, 3.05) is 26.3 Å². The largest absolute Gasteiger partial charge is 0.465 e. The van der Waals surface area contributed by atoms with Gasteiger partial charge in [0.1, 0.15) is 13.2 Å². The topological polar surface area (TPSA) is 72.9 Å². The molecule has 6 nitrogen and oxygen atoms in total. The maximum absolute atomic E-state index is 12.5. The molecular formula is C17H23NO5. The van der Waals surface area contributed by atoms with Gasteiger partial charge in [-0.25, -0.2) is 0 Å². The van der Waals surface area contributed by atoms with Crippen molar-refractivity contribution in [1.82, 2.24) is 4.90 Å². The van der Waals surface area contributed by atoms with Crippen LogP contribution in [0, 0.1) is 0 Å². The van der Waals surface area contributed by atoms with Gasteiger partial charge >= 0.3 is 11.9 Å². The third kappa shape index (κ3) is 7.06. The highest BCUT2D eigenvalue weighted by atomic mass is 16.5. The molecule has 1 aromatic carbocycles. The van der Waals surface area contributed by atoms with Crippen LogP contribution < -0.4 is 0 Å². The molecule has 0 spiro atoms. The van der Waals surface area contributed by atoms with Crippen molar-refractivity contribution < 1.29 is 23.9 Å². The zero-order valence-electron chi connectivity index (χ0n) is 13.8. The molecule has 0 heterocycles. The van der Waals surface area contributed by atoms with Crippen LogP contribution in [0.4, 0.5) is 0 Å². The Bertz CT molecular complexity index is 509. The number of esters is 2. The van der Waals surface area contributed by atoms with E-state index in [0.717, 1.165) is 0 Å². The Morgan fingerprint density at radius 2 is 1.43 bits per heavy atom. The van der Waals surface area contributed by atoms with Gasteiger partial charge in [-0.05, 0) is 6.92 Å². The molecule has 1 unspecified atom stereocenters. The zero-order chi connectivity index (χ0) is 17.2. The molecule has 0 saturated heterocycles. The van der Waals surface area contributed by atoms with Gasteiger partial charge in [-0.1, -0.05) is 30.3 Å². The normalized spacial score (nSPS) is 11.8. The van der Waals surface area contributed by atoms with Gasteiger partial charge in [0, 0.05) is 32.5 Å². The predicted octanol–water partition coefficient (Wildman–Crippen LogP) is 1.69. The van der Waals surface area contributed by atoms with E-state index in [4.69, 9.17) is 9.47 Å². The van der Waals surface area contributed by atoms with Gasteiger partial charge in [0.05, 0.1) is 6.04 Å². The van der Waals surface area contributed by atoms with E-state index in [9.17, 15) is 14.4 Å². The molecular weight excluding hydrogens is 298 g/mol. The van der Waals surface area contributed by atoms with Crippen LogP contribution in [0.2, 0.25) is 0 Å². The fourth-order valence-corrected chi connectivity index (χ4v) is 2.12. The number of ketones is 1. The highest BCUT2D eigenvalue weighted by molar-refractivity contribution is 5.99. The van der Waals surface area contributed by atoms with Crippen molar-refractivity contribution in [3.8, 4) is 0 Å². The monoisotopic (exact) mass is 321 g/mol. The second-order valence-electron chi connectivity index (χ2n) is 5.12. The average molecular weight is 321 g/mol. The number of Topliss-reactive ketones (excluding diaryl/α,β-unsaturated/α-hetero) is 1. The second-order valence-corrected chi connectivity index (χ2v) is 5.12. The number of hydrogen-bond donors (Lipinski definition) is 0. The number of carbonyl (C=O) groups excluding carboxylic acids is 3. The first kappa shape index (κ1) is 18.8. The summed E-state index contributed by atoms with van der Waals surface area (Å²) in [5, 5.41) is 0. The maximum Gasteiger partial charge on any atom is 0.302 e. The average Bonchev–Trinajstić information content (AvgIpc) is 2.52. The van der Waals surface area contributed by atoms with Crippen LogP contribution in [0.25, 0.3) is 0 Å². The molecule has 0 aliphatic rings. The third-order valence-electron chi connectivity index (χ3n) is 3.35. The summed E-state index contributed by atoms with van der Waals surface area (Å²) in [6, 6.07) is 8.57. The fourth-order valence-electron chi connectivity index (χ4n) is 2.12. The van der Waals surface area contributed by atoms with Crippen LogP contribution in [0.15, 0.2) is 30.3 Å². The summed E-state index contributed by atoms with van der Waals surface area (Å²) in [6.07, 6.45) is 0. The van der Waals surface area contributed by atoms with Crippen LogP contribution in [0.1, 0.15) is 31.1 Å². The Kier molecular flexibility index (Phi) is 7.97. The molecule has 0 aliphatic heterocycles. The van der Waals surface area contributed by atoms with Crippen LogP contribution in [0.3, 0.4) is 0 Å². The molecule has 0 fully saturated rings. The smallest absolute Gasteiger partial charge is 0.302 e. The molecule has 1 atom stereocenters. The lowest BCUT2D eigenvalue weighted by Gasteiger charge is -2.27. The molecule has 126 valence electrons. The van der Waals surface area contributed by atoms with Gasteiger partial charge in [0.15, 0.2) is 5.78 Å².